The molecule has 2 aromatic rings. The molecule has 0 fully saturated rings. The molecule has 1 heterocycles. The van der Waals surface area contributed by atoms with Crippen molar-refractivity contribution in [2.24, 2.45) is 0 Å². The van der Waals surface area contributed by atoms with Crippen LogP contribution in [-0.2, 0) is 19.6 Å². The largest absolute Gasteiger partial charge is 0.488 e. The van der Waals surface area contributed by atoms with Gasteiger partial charge in [0.05, 0.1) is 12.8 Å². The minimum Gasteiger partial charge on any atom is -0.488 e. The van der Waals surface area contributed by atoms with Gasteiger partial charge in [-0.1, -0.05) is 31.2 Å². The van der Waals surface area contributed by atoms with Crippen LogP contribution in [0.25, 0.3) is 0 Å². The van der Waals surface area contributed by atoms with E-state index in [0.29, 0.717) is 6.61 Å². The number of hydrogen-bond acceptors (Lipinski definition) is 3. The lowest BCUT2D eigenvalue weighted by atomic mass is 10.1. The molecular weight excluding hydrogens is 250 g/mol. The Morgan fingerprint density at radius 2 is 2.10 bits per heavy atom. The maximum Gasteiger partial charge on any atom is 0.124 e. The van der Waals surface area contributed by atoms with Crippen LogP contribution in [0.3, 0.4) is 0 Å². The van der Waals surface area contributed by atoms with Crippen molar-refractivity contribution in [1.82, 2.24) is 5.32 Å². The molecule has 0 atom stereocenters. The highest BCUT2D eigenvalue weighted by atomic mass is 16.5. The van der Waals surface area contributed by atoms with E-state index < -0.39 is 0 Å². The molecule has 0 spiro atoms. The molecule has 1 N–H and O–H groups in total. The van der Waals surface area contributed by atoms with E-state index in [0.717, 1.165) is 42.1 Å². The van der Waals surface area contributed by atoms with Crippen molar-refractivity contribution < 1.29 is 9.15 Å². The number of furan rings is 1. The van der Waals surface area contributed by atoms with E-state index >= 15 is 0 Å². The lowest BCUT2D eigenvalue weighted by Crippen LogP contribution is -2.12. The first kappa shape index (κ1) is 14.4. The van der Waals surface area contributed by atoms with E-state index in [9.17, 15) is 0 Å². The Morgan fingerprint density at radius 3 is 2.90 bits per heavy atom. The SMILES string of the molecule is C=CCc1ccccc1OCc1ccoc1CNCC. The molecular formula is C17H21NO2. The monoisotopic (exact) mass is 271 g/mol. The molecule has 2 rings (SSSR count). The highest BCUT2D eigenvalue weighted by Crippen LogP contribution is 2.21. The zero-order valence-electron chi connectivity index (χ0n) is 11.9. The van der Waals surface area contributed by atoms with Gasteiger partial charge in [0.15, 0.2) is 0 Å². The number of nitrogens with one attached hydrogen (secondary N) is 1. The van der Waals surface area contributed by atoms with Crippen molar-refractivity contribution in [2.75, 3.05) is 6.54 Å². The van der Waals surface area contributed by atoms with Gasteiger partial charge in [-0.15, -0.1) is 6.58 Å². The Morgan fingerprint density at radius 1 is 1.25 bits per heavy atom. The maximum absolute atomic E-state index is 5.92. The maximum atomic E-state index is 5.92. The Labute approximate surface area is 120 Å². The van der Waals surface area contributed by atoms with Crippen molar-refractivity contribution in [3.05, 3.63) is 66.1 Å². The predicted octanol–water partition coefficient (Wildman–Crippen LogP) is 3.70. The van der Waals surface area contributed by atoms with Gasteiger partial charge in [-0.05, 0) is 30.7 Å². The van der Waals surface area contributed by atoms with Crippen LogP contribution in [0.5, 0.6) is 5.75 Å². The molecule has 0 amide bonds. The summed E-state index contributed by atoms with van der Waals surface area (Å²) in [6.07, 6.45) is 4.41. The van der Waals surface area contributed by atoms with E-state index in [1.807, 2.05) is 30.3 Å². The normalized spacial score (nSPS) is 10.4. The number of ether oxygens (including phenoxy) is 1. The first-order valence-corrected chi connectivity index (χ1v) is 6.92. The quantitative estimate of drug-likeness (QED) is 0.743. The second kappa shape index (κ2) is 7.56. The Kier molecular flexibility index (Phi) is 5.44. The molecule has 20 heavy (non-hydrogen) atoms. The average molecular weight is 271 g/mol. The molecule has 3 heteroatoms. The third-order valence-corrected chi connectivity index (χ3v) is 3.09. The topological polar surface area (TPSA) is 34.4 Å². The van der Waals surface area contributed by atoms with E-state index in [2.05, 4.69) is 24.9 Å². The number of para-hydroxylation sites is 1. The molecule has 0 aliphatic heterocycles. The molecule has 0 saturated carbocycles. The molecule has 106 valence electrons. The fraction of sp³-hybridized carbons (Fsp3) is 0.294. The van der Waals surface area contributed by atoms with Crippen LogP contribution in [0.1, 0.15) is 23.8 Å². The van der Waals surface area contributed by atoms with Crippen LogP contribution in [0.15, 0.2) is 53.7 Å². The van der Waals surface area contributed by atoms with Gasteiger partial charge < -0.3 is 14.5 Å². The van der Waals surface area contributed by atoms with Gasteiger partial charge >= 0.3 is 0 Å². The van der Waals surface area contributed by atoms with Crippen molar-refractivity contribution in [3.8, 4) is 5.75 Å². The van der Waals surface area contributed by atoms with Crippen LogP contribution in [0, 0.1) is 0 Å². The van der Waals surface area contributed by atoms with Crippen LogP contribution in [-0.4, -0.2) is 6.54 Å². The summed E-state index contributed by atoms with van der Waals surface area (Å²) in [7, 11) is 0. The summed E-state index contributed by atoms with van der Waals surface area (Å²) in [6.45, 7) is 8.02. The first-order chi connectivity index (χ1) is 9.85. The van der Waals surface area contributed by atoms with Gasteiger partial charge in [0.25, 0.3) is 0 Å². The van der Waals surface area contributed by atoms with Gasteiger partial charge in [0.2, 0.25) is 0 Å². The van der Waals surface area contributed by atoms with Crippen molar-refractivity contribution >= 4 is 0 Å². The molecule has 0 bridgehead atoms. The highest BCUT2D eigenvalue weighted by Gasteiger charge is 2.08. The lowest BCUT2D eigenvalue weighted by Gasteiger charge is -2.10. The standard InChI is InChI=1S/C17H21NO2/c1-3-7-14-8-5-6-9-16(14)20-13-15-10-11-19-17(15)12-18-4-2/h3,5-6,8-11,18H,1,4,7,12-13H2,2H3. The molecule has 0 unspecified atom stereocenters. The summed E-state index contributed by atoms with van der Waals surface area (Å²) in [4.78, 5) is 0. The Hall–Kier alpha value is -2.00. The fourth-order valence-corrected chi connectivity index (χ4v) is 2.01. The Bertz CT molecular complexity index is 545. The van der Waals surface area contributed by atoms with Crippen LogP contribution >= 0.6 is 0 Å². The second-order valence-corrected chi connectivity index (χ2v) is 4.54. The number of rotatable bonds is 8. The molecule has 1 aromatic heterocycles. The summed E-state index contributed by atoms with van der Waals surface area (Å²) in [5, 5.41) is 3.26. The molecule has 0 saturated heterocycles. The van der Waals surface area contributed by atoms with Gasteiger partial charge in [-0.2, -0.15) is 0 Å². The molecule has 1 aromatic carbocycles. The number of allylic oxidation sites excluding steroid dienone is 1. The van der Waals surface area contributed by atoms with Crippen LogP contribution in [0.2, 0.25) is 0 Å². The summed E-state index contributed by atoms with van der Waals surface area (Å²) in [5.74, 6) is 1.84. The van der Waals surface area contributed by atoms with Gasteiger partial charge in [-0.3, -0.25) is 0 Å². The number of hydrogen-bond donors (Lipinski definition) is 1. The summed E-state index contributed by atoms with van der Waals surface area (Å²) in [5.41, 5.74) is 2.23. The van der Waals surface area contributed by atoms with Gasteiger partial charge in [0.1, 0.15) is 18.1 Å². The molecule has 0 aliphatic rings. The summed E-state index contributed by atoms with van der Waals surface area (Å²) in [6, 6.07) is 10.0. The summed E-state index contributed by atoms with van der Waals surface area (Å²) >= 11 is 0. The molecule has 0 aliphatic carbocycles. The minimum atomic E-state index is 0.519. The third kappa shape index (κ3) is 3.75. The second-order valence-electron chi connectivity index (χ2n) is 4.54. The lowest BCUT2D eigenvalue weighted by molar-refractivity contribution is 0.299. The van der Waals surface area contributed by atoms with E-state index in [4.69, 9.17) is 9.15 Å². The zero-order valence-corrected chi connectivity index (χ0v) is 11.9. The van der Waals surface area contributed by atoms with Crippen LogP contribution < -0.4 is 10.1 Å². The van der Waals surface area contributed by atoms with Crippen molar-refractivity contribution in [2.45, 2.75) is 26.5 Å². The minimum absolute atomic E-state index is 0.519. The molecule has 3 nitrogen and oxygen atoms in total. The van der Waals surface area contributed by atoms with Gasteiger partial charge in [-0.25, -0.2) is 0 Å². The Balaban J connectivity index is 2.01. The summed E-state index contributed by atoms with van der Waals surface area (Å²) < 4.78 is 11.4. The van der Waals surface area contributed by atoms with Gasteiger partial charge in [0, 0.05) is 5.56 Å². The molecule has 0 radical (unpaired) electrons. The van der Waals surface area contributed by atoms with Crippen molar-refractivity contribution in [1.29, 1.82) is 0 Å². The van der Waals surface area contributed by atoms with E-state index in [1.165, 1.54) is 0 Å². The van der Waals surface area contributed by atoms with E-state index in [-0.39, 0.29) is 0 Å². The average Bonchev–Trinajstić information content (AvgIpc) is 2.92. The smallest absolute Gasteiger partial charge is 0.124 e. The van der Waals surface area contributed by atoms with Crippen LogP contribution in [0.4, 0.5) is 0 Å². The third-order valence-electron chi connectivity index (χ3n) is 3.09. The first-order valence-electron chi connectivity index (χ1n) is 6.92. The van der Waals surface area contributed by atoms with E-state index in [1.54, 1.807) is 6.26 Å². The zero-order chi connectivity index (χ0) is 14.2. The fourth-order valence-electron chi connectivity index (χ4n) is 2.01. The predicted molar refractivity (Wildman–Crippen MR) is 80.8 cm³/mol. The van der Waals surface area contributed by atoms with Crippen molar-refractivity contribution in [3.63, 3.8) is 0 Å². The number of benzene rings is 1. The highest BCUT2D eigenvalue weighted by molar-refractivity contribution is 5.35.